The van der Waals surface area contributed by atoms with Crippen molar-refractivity contribution in [2.75, 3.05) is 0 Å². The molecule has 3 rings (SSSR count). The molecule has 0 aliphatic rings. The Morgan fingerprint density at radius 1 is 1.04 bits per heavy atom. The molecular weight excluding hydrogens is 371 g/mol. The molecule has 1 aromatic heterocycles. The Hall–Kier alpha value is -2.07. The zero-order chi connectivity index (χ0) is 17.3. The highest BCUT2D eigenvalue weighted by Gasteiger charge is 2.17. The second-order valence-electron chi connectivity index (χ2n) is 4.97. The number of fused-ring (bicyclic) bond motifs is 1. The van der Waals surface area contributed by atoms with Gasteiger partial charge in [0.2, 0.25) is 5.78 Å². The van der Waals surface area contributed by atoms with E-state index in [2.05, 4.69) is 0 Å². The summed E-state index contributed by atoms with van der Waals surface area (Å²) in [7, 11) is 0. The fourth-order valence-corrected chi connectivity index (χ4v) is 2.77. The molecule has 120 valence electrons. The average Bonchev–Trinajstić information content (AvgIpc) is 2.56. The van der Waals surface area contributed by atoms with Gasteiger partial charge in [-0.15, -0.1) is 0 Å². The maximum atomic E-state index is 12.5. The Kier molecular flexibility index (Phi) is 4.76. The van der Waals surface area contributed by atoms with Crippen LogP contribution in [0.5, 0.6) is 0 Å². The summed E-state index contributed by atoms with van der Waals surface area (Å²) in [6.45, 7) is 0. The number of carbonyl (C=O) groups excluding carboxylic acids is 1. The minimum atomic E-state index is -0.763. The smallest absolute Gasteiger partial charge is 0.347 e. The van der Waals surface area contributed by atoms with Crippen LogP contribution in [0.1, 0.15) is 15.9 Å². The summed E-state index contributed by atoms with van der Waals surface area (Å²) in [6, 6.07) is 13.1. The summed E-state index contributed by atoms with van der Waals surface area (Å²) >= 11 is 18.0. The van der Waals surface area contributed by atoms with Gasteiger partial charge in [0.15, 0.2) is 0 Å². The summed E-state index contributed by atoms with van der Waals surface area (Å²) in [5.41, 5.74) is -0.0171. The number of hydrogen-bond donors (Lipinski definition) is 0. The van der Waals surface area contributed by atoms with E-state index in [0.29, 0.717) is 26.6 Å². The van der Waals surface area contributed by atoms with Crippen molar-refractivity contribution in [1.82, 2.24) is 0 Å². The van der Waals surface area contributed by atoms with E-state index in [9.17, 15) is 9.59 Å². The molecule has 0 aliphatic carbocycles. The molecule has 0 amide bonds. The van der Waals surface area contributed by atoms with E-state index < -0.39 is 11.4 Å². The van der Waals surface area contributed by atoms with Crippen molar-refractivity contribution in [3.63, 3.8) is 0 Å². The van der Waals surface area contributed by atoms with Crippen LogP contribution in [0.3, 0.4) is 0 Å². The molecular formula is C18H9Cl3O3. The summed E-state index contributed by atoms with van der Waals surface area (Å²) in [5.74, 6) is -0.646. The van der Waals surface area contributed by atoms with Crippen LogP contribution in [0.4, 0.5) is 0 Å². The van der Waals surface area contributed by atoms with Gasteiger partial charge in [0, 0.05) is 15.4 Å². The molecule has 1 heterocycles. The molecule has 0 spiro atoms. The molecule has 0 saturated heterocycles. The molecule has 0 saturated carbocycles. The van der Waals surface area contributed by atoms with E-state index in [1.54, 1.807) is 42.5 Å². The molecule has 0 radical (unpaired) electrons. The summed E-state index contributed by atoms with van der Waals surface area (Å²) in [6.07, 6.45) is 1.41. The number of allylic oxidation sites excluding steroid dienone is 1. The van der Waals surface area contributed by atoms with Crippen LogP contribution in [0.2, 0.25) is 10.0 Å². The van der Waals surface area contributed by atoms with E-state index in [1.165, 1.54) is 12.1 Å². The van der Waals surface area contributed by atoms with Crippen LogP contribution in [0.25, 0.3) is 17.0 Å². The molecule has 24 heavy (non-hydrogen) atoms. The summed E-state index contributed by atoms with van der Waals surface area (Å²) < 4.78 is 5.15. The number of ketones is 1. The second-order valence-corrected chi connectivity index (χ2v) is 6.22. The van der Waals surface area contributed by atoms with Gasteiger partial charge in [-0.2, -0.15) is 0 Å². The zero-order valence-corrected chi connectivity index (χ0v) is 14.3. The lowest BCUT2D eigenvalue weighted by Gasteiger charge is -2.03. The van der Waals surface area contributed by atoms with E-state index in [1.807, 2.05) is 0 Å². The third kappa shape index (κ3) is 3.39. The minimum absolute atomic E-state index is 0.142. The molecule has 6 heteroatoms. The largest absolute Gasteiger partial charge is 0.422 e. The summed E-state index contributed by atoms with van der Waals surface area (Å²) in [4.78, 5) is 24.5. The topological polar surface area (TPSA) is 47.3 Å². The molecule has 0 bridgehead atoms. The van der Waals surface area contributed by atoms with Crippen LogP contribution in [-0.2, 0) is 0 Å². The van der Waals surface area contributed by atoms with Gasteiger partial charge in [0.25, 0.3) is 0 Å². The van der Waals surface area contributed by atoms with Crippen LogP contribution < -0.4 is 5.63 Å². The van der Waals surface area contributed by atoms with E-state index in [4.69, 9.17) is 39.2 Å². The lowest BCUT2D eigenvalue weighted by atomic mass is 10.1. The molecule has 0 N–H and O–H groups in total. The van der Waals surface area contributed by atoms with E-state index >= 15 is 0 Å². The highest BCUT2D eigenvalue weighted by Crippen LogP contribution is 2.23. The Labute approximate surface area is 152 Å². The maximum absolute atomic E-state index is 12.5. The van der Waals surface area contributed by atoms with Gasteiger partial charge >= 0.3 is 5.63 Å². The van der Waals surface area contributed by atoms with Crippen molar-refractivity contribution in [1.29, 1.82) is 0 Å². The first-order valence-electron chi connectivity index (χ1n) is 6.85. The molecule has 3 nitrogen and oxygen atoms in total. The van der Waals surface area contributed by atoms with Crippen molar-refractivity contribution >= 4 is 57.6 Å². The Morgan fingerprint density at radius 3 is 2.54 bits per heavy atom. The van der Waals surface area contributed by atoms with Gasteiger partial charge in [-0.05, 0) is 42.0 Å². The van der Waals surface area contributed by atoms with E-state index in [0.717, 1.165) is 0 Å². The Bertz CT molecular complexity index is 1040. The third-order valence-corrected chi connectivity index (χ3v) is 4.20. The first kappa shape index (κ1) is 16.8. The highest BCUT2D eigenvalue weighted by molar-refractivity contribution is 6.47. The SMILES string of the molecule is O=C(/C(Cl)=C\c1ccccc1Cl)c1cc2cc(Cl)ccc2oc1=O. The van der Waals surface area contributed by atoms with Crippen LogP contribution >= 0.6 is 34.8 Å². The predicted octanol–water partition coefficient (Wildman–Crippen LogP) is 5.56. The quantitative estimate of drug-likeness (QED) is 0.340. The lowest BCUT2D eigenvalue weighted by molar-refractivity contribution is 0.104. The first-order chi connectivity index (χ1) is 11.5. The van der Waals surface area contributed by atoms with Crippen molar-refractivity contribution < 1.29 is 9.21 Å². The molecule has 0 unspecified atom stereocenters. The fraction of sp³-hybridized carbons (Fsp3) is 0. The van der Waals surface area contributed by atoms with Gasteiger partial charge in [0.1, 0.15) is 11.1 Å². The van der Waals surface area contributed by atoms with Gasteiger partial charge in [-0.25, -0.2) is 4.79 Å². The van der Waals surface area contributed by atoms with Crippen LogP contribution in [0.15, 0.2) is 62.8 Å². The predicted molar refractivity (Wildman–Crippen MR) is 97.1 cm³/mol. The number of carbonyl (C=O) groups is 1. The molecule has 3 aromatic rings. The first-order valence-corrected chi connectivity index (χ1v) is 7.99. The Balaban J connectivity index is 2.06. The normalized spacial score (nSPS) is 11.7. The van der Waals surface area contributed by atoms with Crippen LogP contribution in [0, 0.1) is 0 Å². The summed E-state index contributed by atoms with van der Waals surface area (Å²) in [5, 5.41) is 1.30. The monoisotopic (exact) mass is 378 g/mol. The van der Waals surface area contributed by atoms with Gasteiger partial charge in [-0.1, -0.05) is 53.0 Å². The lowest BCUT2D eigenvalue weighted by Crippen LogP contribution is -2.14. The number of halogens is 3. The number of rotatable bonds is 3. The van der Waals surface area contributed by atoms with Gasteiger partial charge in [-0.3, -0.25) is 4.79 Å². The highest BCUT2D eigenvalue weighted by atomic mass is 35.5. The van der Waals surface area contributed by atoms with E-state index in [-0.39, 0.29) is 10.6 Å². The molecule has 0 fully saturated rings. The standard InChI is InChI=1S/C18H9Cl3O3/c19-12-5-6-16-11(7-12)8-13(18(23)24-16)17(22)15(21)9-10-3-1-2-4-14(10)20/h1-9H/b15-9+. The molecule has 2 aromatic carbocycles. The van der Waals surface area contributed by atoms with Gasteiger partial charge in [0.05, 0.1) is 5.03 Å². The zero-order valence-electron chi connectivity index (χ0n) is 12.1. The van der Waals surface area contributed by atoms with Crippen molar-refractivity contribution in [2.24, 2.45) is 0 Å². The second kappa shape index (κ2) is 6.81. The maximum Gasteiger partial charge on any atom is 0.347 e. The molecule has 0 atom stereocenters. The minimum Gasteiger partial charge on any atom is -0.422 e. The van der Waals surface area contributed by atoms with Gasteiger partial charge < -0.3 is 4.42 Å². The van der Waals surface area contributed by atoms with Crippen molar-refractivity contribution in [3.05, 3.63) is 85.2 Å². The third-order valence-electron chi connectivity index (χ3n) is 3.34. The Morgan fingerprint density at radius 2 is 1.79 bits per heavy atom. The van der Waals surface area contributed by atoms with Crippen molar-refractivity contribution in [2.45, 2.75) is 0 Å². The number of benzene rings is 2. The number of Topliss-reactive ketones (excluding diaryl/α,β-unsaturated/α-hetero) is 1. The van der Waals surface area contributed by atoms with Crippen LogP contribution in [-0.4, -0.2) is 5.78 Å². The fourth-order valence-electron chi connectivity index (χ4n) is 2.18. The van der Waals surface area contributed by atoms with Crippen molar-refractivity contribution in [3.8, 4) is 0 Å². The number of hydrogen-bond acceptors (Lipinski definition) is 3. The molecule has 0 aliphatic heterocycles. The average molecular weight is 380 g/mol.